The zero-order valence-electron chi connectivity index (χ0n) is 24.1. The molecule has 2 aliphatic heterocycles. The van der Waals surface area contributed by atoms with E-state index in [2.05, 4.69) is 22.2 Å². The molecule has 2 aliphatic rings. The van der Waals surface area contributed by atoms with Gasteiger partial charge in [0.2, 0.25) is 6.41 Å². The van der Waals surface area contributed by atoms with Crippen molar-refractivity contribution in [2.75, 3.05) is 45.1 Å². The van der Waals surface area contributed by atoms with E-state index in [1.54, 1.807) is 4.90 Å². The van der Waals surface area contributed by atoms with Gasteiger partial charge in [-0.15, -0.1) is 11.6 Å². The van der Waals surface area contributed by atoms with Crippen LogP contribution in [0.2, 0.25) is 5.02 Å². The third-order valence-electron chi connectivity index (χ3n) is 6.71. The normalized spacial score (nSPS) is 16.3. The van der Waals surface area contributed by atoms with Gasteiger partial charge in [0.25, 0.3) is 5.92 Å². The van der Waals surface area contributed by atoms with Crippen LogP contribution in [0.15, 0.2) is 18.2 Å². The van der Waals surface area contributed by atoms with Crippen LogP contribution in [0.3, 0.4) is 0 Å². The van der Waals surface area contributed by atoms with Gasteiger partial charge in [0.1, 0.15) is 5.82 Å². The Hall–Kier alpha value is -2.57. The van der Waals surface area contributed by atoms with E-state index in [0.717, 1.165) is 17.0 Å². The summed E-state index contributed by atoms with van der Waals surface area (Å²) in [5.74, 6) is -3.21. The third kappa shape index (κ3) is 10.3. The lowest BCUT2D eigenvalue weighted by Gasteiger charge is -2.37. The summed E-state index contributed by atoms with van der Waals surface area (Å²) in [6.45, 7) is 8.00. The lowest BCUT2D eigenvalue weighted by atomic mass is 10.0. The first-order valence-corrected chi connectivity index (χ1v) is 14.4. The number of rotatable bonds is 7. The Balaban J connectivity index is 0.00000131. The number of nitrogens with one attached hydrogen (secondary N) is 2. The molecule has 8 nitrogen and oxygen atoms in total. The Morgan fingerprint density at radius 2 is 1.80 bits per heavy atom. The molecule has 1 fully saturated rings. The molecule has 0 spiro atoms. The highest BCUT2D eigenvalue weighted by Gasteiger charge is 2.36. The highest BCUT2D eigenvalue weighted by Crippen LogP contribution is 2.29. The first-order chi connectivity index (χ1) is 19.7. The van der Waals surface area contributed by atoms with E-state index in [9.17, 15) is 27.2 Å². The number of alkyl halides is 4. The topological polar surface area (TPSA) is 82.5 Å². The van der Waals surface area contributed by atoms with Crippen molar-refractivity contribution in [1.29, 1.82) is 0 Å². The summed E-state index contributed by atoms with van der Waals surface area (Å²) < 4.78 is 52.0. The minimum Gasteiger partial charge on any atom is -0.357 e. The van der Waals surface area contributed by atoms with Crippen LogP contribution in [0, 0.1) is 12.7 Å². The summed E-state index contributed by atoms with van der Waals surface area (Å²) >= 11 is 10.4. The Morgan fingerprint density at radius 3 is 2.39 bits per heavy atom. The molecule has 41 heavy (non-hydrogen) atoms. The maximum Gasteiger partial charge on any atom is 0.322 e. The Kier molecular flexibility index (Phi) is 16.1. The fraction of sp³-hybridized carbons (Fsp3) is 0.593. The number of hydrogen-bond acceptors (Lipinski definition) is 4. The summed E-state index contributed by atoms with van der Waals surface area (Å²) in [4.78, 5) is 27.3. The summed E-state index contributed by atoms with van der Waals surface area (Å²) in [5, 5.41) is 10.1. The molecule has 4 rings (SSSR count). The van der Waals surface area contributed by atoms with Gasteiger partial charge in [-0.25, -0.2) is 18.0 Å². The van der Waals surface area contributed by atoms with Crippen LogP contribution >= 0.6 is 23.2 Å². The smallest absolute Gasteiger partial charge is 0.322 e. The van der Waals surface area contributed by atoms with Crippen molar-refractivity contribution in [1.82, 2.24) is 24.9 Å². The van der Waals surface area contributed by atoms with E-state index < -0.39 is 11.7 Å². The fourth-order valence-electron chi connectivity index (χ4n) is 4.60. The van der Waals surface area contributed by atoms with Crippen LogP contribution < -0.4 is 10.6 Å². The van der Waals surface area contributed by atoms with E-state index in [1.807, 2.05) is 30.4 Å². The zero-order chi connectivity index (χ0) is 31.2. The predicted octanol–water partition coefficient (Wildman–Crippen LogP) is 5.89. The Labute approximate surface area is 249 Å². The number of fused-ring (bicyclic) bond motifs is 1. The number of hydrogen-bond donors (Lipinski definition) is 2. The number of halogens is 6. The van der Waals surface area contributed by atoms with Crippen LogP contribution in [-0.4, -0.2) is 83.7 Å². The maximum atomic E-state index is 13.6. The molecule has 232 valence electrons. The van der Waals surface area contributed by atoms with Gasteiger partial charge < -0.3 is 15.5 Å². The first-order valence-electron chi connectivity index (χ1n) is 13.3. The SMILES string of the molecule is CC.CCl.CF.Cc1c2c(nn1CC(CNC=O)N1CCC(F)(F)CC1)CCN(C(=O)Nc1ccc(F)c(Cl)c1)C2. The Morgan fingerprint density at radius 1 is 1.17 bits per heavy atom. The lowest BCUT2D eigenvalue weighted by Crippen LogP contribution is -2.50. The van der Waals surface area contributed by atoms with Gasteiger partial charge in [-0.3, -0.25) is 18.8 Å². The maximum absolute atomic E-state index is 13.6. The van der Waals surface area contributed by atoms with Crippen molar-refractivity contribution in [3.05, 3.63) is 46.0 Å². The number of likely N-dealkylation sites (tertiary alicyclic amines) is 1. The van der Waals surface area contributed by atoms with E-state index in [-0.39, 0.29) is 43.0 Å². The van der Waals surface area contributed by atoms with E-state index in [0.29, 0.717) is 51.9 Å². The highest BCUT2D eigenvalue weighted by atomic mass is 35.5. The number of benzene rings is 1. The standard InChI is InChI=1S/C23H28ClF3N6O2.C2H6.CH3Cl.CH3F/c1-15-18-13-32(22(35)29-16-2-3-20(25)19(24)10-16)7-4-21(18)30-33(15)12-17(11-28-14-34)31-8-5-23(26,27)6-9-31;3*1-2/h2-3,10,14,17H,4-9,11-13H2,1H3,(H,28,34)(H,29,35);1-2H3;2*1H3. The van der Waals surface area contributed by atoms with Gasteiger partial charge in [0.05, 0.1) is 31.0 Å². The van der Waals surface area contributed by atoms with Crippen molar-refractivity contribution in [2.45, 2.75) is 65.1 Å². The number of carbonyl (C=O) groups is 2. The van der Waals surface area contributed by atoms with Crippen LogP contribution in [0.1, 0.15) is 43.6 Å². The average Bonchev–Trinajstić information content (AvgIpc) is 3.30. The molecule has 0 saturated carbocycles. The molecule has 0 bridgehead atoms. The van der Waals surface area contributed by atoms with Crippen molar-refractivity contribution in [2.24, 2.45) is 0 Å². The van der Waals surface area contributed by atoms with Gasteiger partial charge in [-0.1, -0.05) is 25.4 Å². The largest absolute Gasteiger partial charge is 0.357 e. The average molecular weight is 628 g/mol. The van der Waals surface area contributed by atoms with Crippen molar-refractivity contribution in [3.8, 4) is 0 Å². The molecule has 0 radical (unpaired) electrons. The van der Waals surface area contributed by atoms with Crippen LogP contribution in [0.25, 0.3) is 0 Å². The number of nitrogens with zero attached hydrogens (tertiary/aromatic N) is 4. The number of amides is 3. The number of piperidine rings is 1. The molecule has 1 aromatic heterocycles. The molecule has 3 amide bonds. The zero-order valence-corrected chi connectivity index (χ0v) is 25.6. The van der Waals surface area contributed by atoms with Gasteiger partial charge in [-0.2, -0.15) is 5.10 Å². The number of urea groups is 1. The van der Waals surface area contributed by atoms with Gasteiger partial charge in [0, 0.05) is 74.8 Å². The molecular weight excluding hydrogens is 587 g/mol. The van der Waals surface area contributed by atoms with Crippen LogP contribution in [-0.2, 0) is 24.3 Å². The van der Waals surface area contributed by atoms with Gasteiger partial charge in [-0.05, 0) is 25.1 Å². The minimum atomic E-state index is -2.65. The summed E-state index contributed by atoms with van der Waals surface area (Å²) in [6, 6.07) is 3.49. The third-order valence-corrected chi connectivity index (χ3v) is 7.00. The molecule has 3 heterocycles. The highest BCUT2D eigenvalue weighted by molar-refractivity contribution is 6.31. The summed E-state index contributed by atoms with van der Waals surface area (Å²) in [7, 11) is 0.500. The second-order valence-corrected chi connectivity index (χ2v) is 9.40. The predicted molar refractivity (Wildman–Crippen MR) is 155 cm³/mol. The molecule has 2 N–H and O–H groups in total. The van der Waals surface area contributed by atoms with Crippen LogP contribution in [0.5, 0.6) is 0 Å². The summed E-state index contributed by atoms with van der Waals surface area (Å²) in [5.41, 5.74) is 3.12. The number of aromatic nitrogens is 2. The first kappa shape index (κ1) is 36.5. The van der Waals surface area contributed by atoms with Crippen molar-refractivity contribution in [3.63, 3.8) is 0 Å². The van der Waals surface area contributed by atoms with E-state index in [1.165, 1.54) is 24.6 Å². The number of anilines is 1. The van der Waals surface area contributed by atoms with Gasteiger partial charge in [0.15, 0.2) is 0 Å². The molecule has 1 aromatic carbocycles. The number of carbonyl (C=O) groups excluding carboxylic acids is 2. The second kappa shape index (κ2) is 18.1. The molecule has 2 aromatic rings. The fourth-order valence-corrected chi connectivity index (χ4v) is 4.78. The van der Waals surface area contributed by atoms with Crippen molar-refractivity contribution < 1.29 is 27.2 Å². The van der Waals surface area contributed by atoms with Gasteiger partial charge >= 0.3 is 6.03 Å². The monoisotopic (exact) mass is 626 g/mol. The minimum absolute atomic E-state index is 0.0723. The lowest BCUT2D eigenvalue weighted by molar-refractivity contribution is -0.110. The van der Waals surface area contributed by atoms with Crippen LogP contribution in [0.4, 0.5) is 28.0 Å². The Bertz CT molecular complexity index is 1100. The van der Waals surface area contributed by atoms with E-state index >= 15 is 0 Å². The molecule has 14 heteroatoms. The molecule has 0 aliphatic carbocycles. The molecule has 1 unspecified atom stereocenters. The van der Waals surface area contributed by atoms with Crippen molar-refractivity contribution >= 4 is 41.3 Å². The van der Waals surface area contributed by atoms with E-state index in [4.69, 9.17) is 16.7 Å². The molecule has 1 saturated heterocycles. The molecule has 1 atom stereocenters. The second-order valence-electron chi connectivity index (χ2n) is 9.00. The molecular formula is C27H40Cl2F4N6O2. The summed E-state index contributed by atoms with van der Waals surface area (Å²) in [6.07, 6.45) is 2.23. The quantitative estimate of drug-likeness (QED) is 0.228.